The number of carbonyl (C=O) groups excluding carboxylic acids is 1. The predicted molar refractivity (Wildman–Crippen MR) is 75.4 cm³/mol. The van der Waals surface area contributed by atoms with E-state index in [0.717, 1.165) is 17.5 Å². The minimum absolute atomic E-state index is 0.158. The molecule has 2 heterocycles. The number of furan rings is 1. The van der Waals surface area contributed by atoms with Crippen LogP contribution in [0.15, 0.2) is 34.9 Å². The maximum Gasteiger partial charge on any atom is 0.180 e. The van der Waals surface area contributed by atoms with E-state index in [9.17, 15) is 4.79 Å². The number of carbonyl (C=O) groups is 1. The lowest BCUT2D eigenvalue weighted by atomic mass is 10.1. The molecule has 0 bridgehead atoms. The highest BCUT2D eigenvalue weighted by Crippen LogP contribution is 2.25. The van der Waals surface area contributed by atoms with Crippen molar-refractivity contribution >= 4 is 16.8 Å². The third-order valence-corrected chi connectivity index (χ3v) is 4.04. The molecule has 2 atom stereocenters. The second-order valence-corrected chi connectivity index (χ2v) is 5.69. The number of ketones is 1. The second-order valence-electron chi connectivity index (χ2n) is 5.69. The van der Waals surface area contributed by atoms with E-state index in [1.165, 1.54) is 6.42 Å². The lowest BCUT2D eigenvalue weighted by Gasteiger charge is -2.19. The van der Waals surface area contributed by atoms with Gasteiger partial charge in [-0.05, 0) is 25.3 Å². The SMILES string of the molecule is CC1CC(C)N(CC(=O)c2coc3ccccc23)C1. The van der Waals surface area contributed by atoms with Crippen molar-refractivity contribution in [2.75, 3.05) is 13.1 Å². The molecule has 2 unspecified atom stereocenters. The van der Waals surface area contributed by atoms with Crippen LogP contribution in [0.1, 0.15) is 30.6 Å². The molecule has 1 aromatic heterocycles. The zero-order valence-electron chi connectivity index (χ0n) is 11.4. The number of likely N-dealkylation sites (tertiary alicyclic amines) is 1. The Morgan fingerprint density at radius 1 is 1.37 bits per heavy atom. The number of Topliss-reactive ketones (excluding diaryl/α,β-unsaturated/α-hetero) is 1. The molecule has 0 aliphatic carbocycles. The first-order valence-corrected chi connectivity index (χ1v) is 6.88. The highest BCUT2D eigenvalue weighted by molar-refractivity contribution is 6.08. The number of hydrogen-bond acceptors (Lipinski definition) is 3. The van der Waals surface area contributed by atoms with Crippen LogP contribution in [0, 0.1) is 5.92 Å². The Morgan fingerprint density at radius 3 is 2.89 bits per heavy atom. The summed E-state index contributed by atoms with van der Waals surface area (Å²) in [5, 5.41) is 0.924. The standard InChI is InChI=1S/C16H19NO2/c1-11-7-12(2)17(8-11)9-15(18)14-10-19-16-6-4-3-5-13(14)16/h3-6,10-12H,7-9H2,1-2H3. The topological polar surface area (TPSA) is 33.5 Å². The first kappa shape index (κ1) is 12.4. The maximum atomic E-state index is 12.4. The van der Waals surface area contributed by atoms with Gasteiger partial charge in [-0.2, -0.15) is 0 Å². The van der Waals surface area contributed by atoms with Crippen molar-refractivity contribution in [1.82, 2.24) is 4.90 Å². The van der Waals surface area contributed by atoms with Crippen molar-refractivity contribution in [2.45, 2.75) is 26.3 Å². The number of rotatable bonds is 3. The first-order valence-electron chi connectivity index (χ1n) is 6.88. The van der Waals surface area contributed by atoms with E-state index in [0.29, 0.717) is 24.1 Å². The zero-order chi connectivity index (χ0) is 13.4. The first-order chi connectivity index (χ1) is 9.15. The molecule has 2 aromatic rings. The van der Waals surface area contributed by atoms with Crippen LogP contribution >= 0.6 is 0 Å². The van der Waals surface area contributed by atoms with E-state index in [4.69, 9.17) is 4.42 Å². The number of nitrogens with zero attached hydrogens (tertiary/aromatic N) is 1. The third-order valence-electron chi connectivity index (χ3n) is 4.04. The Morgan fingerprint density at radius 2 is 2.16 bits per heavy atom. The fraction of sp³-hybridized carbons (Fsp3) is 0.438. The van der Waals surface area contributed by atoms with Gasteiger partial charge in [0.15, 0.2) is 5.78 Å². The van der Waals surface area contributed by atoms with E-state index in [1.807, 2.05) is 24.3 Å². The normalized spacial score (nSPS) is 24.1. The van der Waals surface area contributed by atoms with E-state index in [2.05, 4.69) is 18.7 Å². The monoisotopic (exact) mass is 257 g/mol. The van der Waals surface area contributed by atoms with Crippen molar-refractivity contribution in [1.29, 1.82) is 0 Å². The molecule has 0 spiro atoms. The summed E-state index contributed by atoms with van der Waals surface area (Å²) in [5.74, 6) is 0.842. The smallest absolute Gasteiger partial charge is 0.180 e. The van der Waals surface area contributed by atoms with Crippen LogP contribution in [-0.4, -0.2) is 29.8 Å². The average molecular weight is 257 g/mol. The van der Waals surface area contributed by atoms with Crippen LogP contribution < -0.4 is 0 Å². The van der Waals surface area contributed by atoms with Crippen LogP contribution in [0.25, 0.3) is 11.0 Å². The van der Waals surface area contributed by atoms with Gasteiger partial charge in [-0.15, -0.1) is 0 Å². The summed E-state index contributed by atoms with van der Waals surface area (Å²) in [6, 6.07) is 8.20. The molecule has 0 saturated carbocycles. The lowest BCUT2D eigenvalue weighted by molar-refractivity contribution is 0.0925. The van der Waals surface area contributed by atoms with E-state index < -0.39 is 0 Å². The van der Waals surface area contributed by atoms with Gasteiger partial charge >= 0.3 is 0 Å². The summed E-state index contributed by atoms with van der Waals surface area (Å²) < 4.78 is 5.44. The Hall–Kier alpha value is -1.61. The molecule has 1 aromatic carbocycles. The average Bonchev–Trinajstić information content (AvgIpc) is 2.93. The molecule has 3 nitrogen and oxygen atoms in total. The van der Waals surface area contributed by atoms with Gasteiger partial charge in [-0.25, -0.2) is 0 Å². The van der Waals surface area contributed by atoms with Gasteiger partial charge < -0.3 is 4.42 Å². The fourth-order valence-corrected chi connectivity index (χ4v) is 3.07. The minimum atomic E-state index is 0.158. The van der Waals surface area contributed by atoms with Crippen LogP contribution in [-0.2, 0) is 0 Å². The molecule has 1 saturated heterocycles. The summed E-state index contributed by atoms with van der Waals surface area (Å²) >= 11 is 0. The molecule has 1 fully saturated rings. The van der Waals surface area contributed by atoms with Gasteiger partial charge in [-0.3, -0.25) is 9.69 Å². The summed E-state index contributed by atoms with van der Waals surface area (Å²) in [6.45, 7) is 5.95. The highest BCUT2D eigenvalue weighted by atomic mass is 16.3. The molecular weight excluding hydrogens is 238 g/mol. The maximum absolute atomic E-state index is 12.4. The van der Waals surface area contributed by atoms with Gasteiger partial charge in [-0.1, -0.05) is 25.1 Å². The molecule has 19 heavy (non-hydrogen) atoms. The zero-order valence-corrected chi connectivity index (χ0v) is 11.4. The van der Waals surface area contributed by atoms with Crippen LogP contribution in [0.2, 0.25) is 0 Å². The number of hydrogen-bond donors (Lipinski definition) is 0. The lowest BCUT2D eigenvalue weighted by Crippen LogP contribution is -2.32. The van der Waals surface area contributed by atoms with Crippen molar-refractivity contribution in [3.63, 3.8) is 0 Å². The summed E-state index contributed by atoms with van der Waals surface area (Å²) in [7, 11) is 0. The minimum Gasteiger partial charge on any atom is -0.464 e. The van der Waals surface area contributed by atoms with Gasteiger partial charge in [0.1, 0.15) is 11.8 Å². The van der Waals surface area contributed by atoms with Gasteiger partial charge in [0.25, 0.3) is 0 Å². The molecule has 100 valence electrons. The van der Waals surface area contributed by atoms with Crippen molar-refractivity contribution in [3.05, 3.63) is 36.1 Å². The van der Waals surface area contributed by atoms with E-state index >= 15 is 0 Å². The summed E-state index contributed by atoms with van der Waals surface area (Å²) in [5.41, 5.74) is 1.50. The molecular formula is C16H19NO2. The van der Waals surface area contributed by atoms with Crippen LogP contribution in [0.5, 0.6) is 0 Å². The van der Waals surface area contributed by atoms with E-state index in [1.54, 1.807) is 6.26 Å². The highest BCUT2D eigenvalue weighted by Gasteiger charge is 2.28. The predicted octanol–water partition coefficient (Wildman–Crippen LogP) is 3.35. The third kappa shape index (κ3) is 2.30. The quantitative estimate of drug-likeness (QED) is 0.791. The molecule has 0 N–H and O–H groups in total. The Kier molecular flexibility index (Phi) is 3.15. The largest absolute Gasteiger partial charge is 0.464 e. The van der Waals surface area contributed by atoms with Crippen molar-refractivity contribution < 1.29 is 9.21 Å². The Balaban J connectivity index is 1.81. The van der Waals surface area contributed by atoms with Crippen LogP contribution in [0.3, 0.4) is 0 Å². The summed E-state index contributed by atoms with van der Waals surface area (Å²) in [6.07, 6.45) is 2.77. The fourth-order valence-electron chi connectivity index (χ4n) is 3.07. The van der Waals surface area contributed by atoms with Crippen LogP contribution in [0.4, 0.5) is 0 Å². The Bertz CT molecular complexity index is 602. The molecule has 1 aliphatic rings. The number of benzene rings is 1. The van der Waals surface area contributed by atoms with Gasteiger partial charge in [0.2, 0.25) is 0 Å². The second kappa shape index (κ2) is 4.82. The van der Waals surface area contributed by atoms with Crippen molar-refractivity contribution in [2.24, 2.45) is 5.92 Å². The van der Waals surface area contributed by atoms with Crippen molar-refractivity contribution in [3.8, 4) is 0 Å². The number of para-hydroxylation sites is 1. The number of fused-ring (bicyclic) bond motifs is 1. The Labute approximate surface area is 113 Å². The molecule has 0 amide bonds. The molecule has 0 radical (unpaired) electrons. The molecule has 1 aliphatic heterocycles. The van der Waals surface area contributed by atoms with E-state index in [-0.39, 0.29) is 5.78 Å². The molecule has 3 heteroatoms. The summed E-state index contributed by atoms with van der Waals surface area (Å²) in [4.78, 5) is 14.7. The molecule has 3 rings (SSSR count). The van der Waals surface area contributed by atoms with Gasteiger partial charge in [0.05, 0.1) is 12.1 Å². The van der Waals surface area contributed by atoms with Gasteiger partial charge in [0, 0.05) is 18.0 Å².